The molecule has 0 aromatic heterocycles. The molecule has 0 spiro atoms. The maximum atomic E-state index is 6.15. The second-order valence-electron chi connectivity index (χ2n) is 5.35. The summed E-state index contributed by atoms with van der Waals surface area (Å²) in [5.41, 5.74) is 8.05. The van der Waals surface area contributed by atoms with Gasteiger partial charge in [0.2, 0.25) is 0 Å². The Labute approximate surface area is 124 Å². The molecule has 4 nitrogen and oxygen atoms in total. The predicted octanol–water partition coefficient (Wildman–Crippen LogP) is 2.75. The van der Waals surface area contributed by atoms with Crippen molar-refractivity contribution < 1.29 is 4.74 Å². The lowest BCUT2D eigenvalue weighted by molar-refractivity contribution is 0.414. The lowest BCUT2D eigenvalue weighted by Crippen LogP contribution is -2.47. The van der Waals surface area contributed by atoms with E-state index in [0.717, 1.165) is 11.4 Å². The summed E-state index contributed by atoms with van der Waals surface area (Å²) < 4.78 is 5.32. The second-order valence-corrected chi connectivity index (χ2v) is 5.35. The van der Waals surface area contributed by atoms with Crippen LogP contribution in [0.5, 0.6) is 5.75 Å². The SMILES string of the molecule is COc1cccc(N2C(N)=NCC2(C)c2ccccc2)c1. The van der Waals surface area contributed by atoms with Crippen LogP contribution in [-0.4, -0.2) is 19.6 Å². The van der Waals surface area contributed by atoms with Crippen molar-refractivity contribution in [1.29, 1.82) is 0 Å². The summed E-state index contributed by atoms with van der Waals surface area (Å²) >= 11 is 0. The number of ether oxygens (including phenoxy) is 1. The van der Waals surface area contributed by atoms with Gasteiger partial charge in [0.1, 0.15) is 5.75 Å². The molecule has 4 heteroatoms. The Morgan fingerprint density at radius 2 is 1.90 bits per heavy atom. The Kier molecular flexibility index (Phi) is 3.29. The Bertz CT molecular complexity index is 669. The van der Waals surface area contributed by atoms with Crippen LogP contribution in [0, 0.1) is 0 Å². The maximum absolute atomic E-state index is 6.15. The smallest absolute Gasteiger partial charge is 0.196 e. The molecule has 1 atom stereocenters. The van der Waals surface area contributed by atoms with Crippen LogP contribution in [0.25, 0.3) is 0 Å². The Morgan fingerprint density at radius 1 is 1.14 bits per heavy atom. The molecule has 2 aromatic carbocycles. The number of hydrogen-bond donors (Lipinski definition) is 1. The molecule has 0 amide bonds. The molecular weight excluding hydrogens is 262 g/mol. The lowest BCUT2D eigenvalue weighted by Gasteiger charge is -2.36. The van der Waals surface area contributed by atoms with Gasteiger partial charge in [-0.3, -0.25) is 4.99 Å². The number of rotatable bonds is 3. The van der Waals surface area contributed by atoms with Gasteiger partial charge in [0, 0.05) is 11.8 Å². The number of methoxy groups -OCH3 is 1. The minimum atomic E-state index is -0.280. The van der Waals surface area contributed by atoms with E-state index in [0.29, 0.717) is 12.5 Å². The van der Waals surface area contributed by atoms with Crippen LogP contribution in [0.2, 0.25) is 0 Å². The highest BCUT2D eigenvalue weighted by Gasteiger charge is 2.40. The van der Waals surface area contributed by atoms with E-state index in [1.165, 1.54) is 5.56 Å². The van der Waals surface area contributed by atoms with Crippen LogP contribution in [-0.2, 0) is 5.54 Å². The average molecular weight is 281 g/mol. The number of nitrogens with two attached hydrogens (primary N) is 1. The number of anilines is 1. The van der Waals surface area contributed by atoms with Gasteiger partial charge in [0.25, 0.3) is 0 Å². The molecule has 108 valence electrons. The van der Waals surface area contributed by atoms with E-state index in [2.05, 4.69) is 28.9 Å². The first-order chi connectivity index (χ1) is 10.1. The monoisotopic (exact) mass is 281 g/mol. The molecular formula is C17H19N3O. The van der Waals surface area contributed by atoms with Crippen molar-refractivity contribution in [3.05, 3.63) is 60.2 Å². The first-order valence-electron chi connectivity index (χ1n) is 6.95. The van der Waals surface area contributed by atoms with Crippen molar-refractivity contribution >= 4 is 11.6 Å². The molecule has 2 aromatic rings. The average Bonchev–Trinajstić information content (AvgIpc) is 2.85. The summed E-state index contributed by atoms with van der Waals surface area (Å²) in [6, 6.07) is 18.2. The maximum Gasteiger partial charge on any atom is 0.196 e. The topological polar surface area (TPSA) is 50.9 Å². The fourth-order valence-corrected chi connectivity index (χ4v) is 2.81. The number of aliphatic imine (C=N–C) groups is 1. The summed E-state index contributed by atoms with van der Waals surface area (Å²) in [5, 5.41) is 0. The first-order valence-corrected chi connectivity index (χ1v) is 6.95. The molecule has 3 rings (SSSR count). The molecule has 0 aliphatic carbocycles. The van der Waals surface area contributed by atoms with E-state index in [4.69, 9.17) is 10.5 Å². The normalized spacial score (nSPS) is 21.2. The summed E-state index contributed by atoms with van der Waals surface area (Å²) in [7, 11) is 1.66. The quantitative estimate of drug-likeness (QED) is 0.941. The summed E-state index contributed by atoms with van der Waals surface area (Å²) in [4.78, 5) is 6.53. The van der Waals surface area contributed by atoms with Crippen molar-refractivity contribution in [3.63, 3.8) is 0 Å². The first kappa shape index (κ1) is 13.5. The van der Waals surface area contributed by atoms with Gasteiger partial charge in [0.05, 0.1) is 19.2 Å². The molecule has 1 unspecified atom stereocenters. The molecule has 0 fully saturated rings. The number of benzene rings is 2. The van der Waals surface area contributed by atoms with Gasteiger partial charge in [-0.25, -0.2) is 0 Å². The van der Waals surface area contributed by atoms with Crippen LogP contribution in [0.15, 0.2) is 59.6 Å². The van der Waals surface area contributed by atoms with E-state index in [9.17, 15) is 0 Å². The van der Waals surface area contributed by atoms with Gasteiger partial charge < -0.3 is 15.4 Å². The number of guanidine groups is 1. The molecule has 1 heterocycles. The Hall–Kier alpha value is -2.49. The standard InChI is InChI=1S/C17H19N3O/c1-17(13-7-4-3-5-8-13)12-19-16(18)20(17)14-9-6-10-15(11-14)21-2/h3-11H,12H2,1-2H3,(H2,18,19). The molecule has 2 N–H and O–H groups in total. The number of hydrogen-bond acceptors (Lipinski definition) is 4. The number of nitrogens with zero attached hydrogens (tertiary/aromatic N) is 2. The predicted molar refractivity (Wildman–Crippen MR) is 85.8 cm³/mol. The van der Waals surface area contributed by atoms with Crippen molar-refractivity contribution in [2.75, 3.05) is 18.6 Å². The van der Waals surface area contributed by atoms with Gasteiger partial charge in [-0.2, -0.15) is 0 Å². The molecule has 0 bridgehead atoms. The minimum Gasteiger partial charge on any atom is -0.497 e. The summed E-state index contributed by atoms with van der Waals surface area (Å²) in [6.45, 7) is 2.80. The van der Waals surface area contributed by atoms with E-state index in [1.54, 1.807) is 7.11 Å². The zero-order valence-corrected chi connectivity index (χ0v) is 12.3. The van der Waals surface area contributed by atoms with E-state index >= 15 is 0 Å². The van der Waals surface area contributed by atoms with E-state index in [-0.39, 0.29) is 5.54 Å². The zero-order valence-electron chi connectivity index (χ0n) is 12.3. The highest BCUT2D eigenvalue weighted by molar-refractivity contribution is 5.98. The molecule has 0 saturated carbocycles. The molecule has 0 saturated heterocycles. The Morgan fingerprint density at radius 3 is 2.62 bits per heavy atom. The summed E-state index contributed by atoms with van der Waals surface area (Å²) in [6.07, 6.45) is 0. The van der Waals surface area contributed by atoms with Crippen LogP contribution in [0.4, 0.5) is 5.69 Å². The van der Waals surface area contributed by atoms with Gasteiger partial charge in [-0.1, -0.05) is 36.4 Å². The lowest BCUT2D eigenvalue weighted by atomic mass is 9.90. The molecule has 1 aliphatic rings. The molecule has 1 aliphatic heterocycles. The van der Waals surface area contributed by atoms with Gasteiger partial charge >= 0.3 is 0 Å². The second kappa shape index (κ2) is 5.13. The zero-order chi connectivity index (χ0) is 14.9. The van der Waals surface area contributed by atoms with Crippen molar-refractivity contribution in [1.82, 2.24) is 0 Å². The third kappa shape index (κ3) is 2.23. The van der Waals surface area contributed by atoms with Crippen LogP contribution >= 0.6 is 0 Å². The largest absolute Gasteiger partial charge is 0.497 e. The third-order valence-corrected chi connectivity index (χ3v) is 3.98. The minimum absolute atomic E-state index is 0.280. The van der Waals surface area contributed by atoms with Crippen LogP contribution < -0.4 is 15.4 Å². The van der Waals surface area contributed by atoms with Gasteiger partial charge in [-0.15, -0.1) is 0 Å². The highest BCUT2D eigenvalue weighted by atomic mass is 16.5. The fraction of sp³-hybridized carbons (Fsp3) is 0.235. The van der Waals surface area contributed by atoms with Crippen molar-refractivity contribution in [2.24, 2.45) is 10.7 Å². The fourth-order valence-electron chi connectivity index (χ4n) is 2.81. The van der Waals surface area contributed by atoms with Gasteiger partial charge in [-0.05, 0) is 24.6 Å². The van der Waals surface area contributed by atoms with Crippen molar-refractivity contribution in [3.8, 4) is 5.75 Å². The van der Waals surface area contributed by atoms with Crippen LogP contribution in [0.3, 0.4) is 0 Å². The molecule has 21 heavy (non-hydrogen) atoms. The summed E-state index contributed by atoms with van der Waals surface area (Å²) in [5.74, 6) is 1.34. The molecule has 0 radical (unpaired) electrons. The van der Waals surface area contributed by atoms with Crippen LogP contribution in [0.1, 0.15) is 12.5 Å². The third-order valence-electron chi connectivity index (χ3n) is 3.98. The van der Waals surface area contributed by atoms with Crippen molar-refractivity contribution in [2.45, 2.75) is 12.5 Å². The van der Waals surface area contributed by atoms with E-state index < -0.39 is 0 Å². The van der Waals surface area contributed by atoms with Gasteiger partial charge in [0.15, 0.2) is 5.96 Å². The Balaban J connectivity index is 2.07. The van der Waals surface area contributed by atoms with E-state index in [1.807, 2.05) is 42.5 Å². The highest BCUT2D eigenvalue weighted by Crippen LogP contribution is 2.37.